The van der Waals surface area contributed by atoms with Crippen molar-refractivity contribution in [2.45, 2.75) is 20.3 Å². The number of ether oxygens (including phenoxy) is 1. The van der Waals surface area contributed by atoms with E-state index in [0.717, 1.165) is 0 Å². The lowest BCUT2D eigenvalue weighted by molar-refractivity contribution is -0.156. The molecule has 51 valence electrons. The standard InChI is InChI=1S/C6H9O3/c1-3-5(7)9-6(8)4-2/h3H,4H2,1-2H3. The smallest absolute Gasteiger partial charge is 0.317 e. The Hall–Kier alpha value is -0.860. The molecule has 0 fully saturated rings. The van der Waals surface area contributed by atoms with Crippen LogP contribution in [-0.2, 0) is 14.3 Å². The molecule has 0 saturated heterocycles. The first-order valence-corrected chi connectivity index (χ1v) is 2.74. The number of hydrogen-bond acceptors (Lipinski definition) is 3. The highest BCUT2D eigenvalue weighted by Crippen LogP contribution is 1.87. The second-order valence-corrected chi connectivity index (χ2v) is 1.44. The Labute approximate surface area is 54.0 Å². The van der Waals surface area contributed by atoms with Crippen LogP contribution in [0.15, 0.2) is 0 Å². The van der Waals surface area contributed by atoms with Gasteiger partial charge in [0.05, 0.1) is 6.42 Å². The van der Waals surface area contributed by atoms with Gasteiger partial charge < -0.3 is 4.74 Å². The first-order chi connectivity index (χ1) is 4.20. The van der Waals surface area contributed by atoms with Gasteiger partial charge in [0.2, 0.25) is 0 Å². The lowest BCUT2D eigenvalue weighted by Crippen LogP contribution is -2.09. The van der Waals surface area contributed by atoms with Crippen LogP contribution in [0.1, 0.15) is 20.3 Å². The summed E-state index contributed by atoms with van der Waals surface area (Å²) in [4.78, 5) is 20.6. The highest BCUT2D eigenvalue weighted by molar-refractivity contribution is 5.89. The Balaban J connectivity index is 3.47. The van der Waals surface area contributed by atoms with Gasteiger partial charge in [-0.05, 0) is 0 Å². The maximum atomic E-state index is 10.3. The van der Waals surface area contributed by atoms with E-state index in [1.54, 1.807) is 6.92 Å². The molecule has 0 N–H and O–H groups in total. The molecule has 0 aliphatic rings. The first kappa shape index (κ1) is 8.14. The van der Waals surface area contributed by atoms with E-state index in [0.29, 0.717) is 0 Å². The van der Waals surface area contributed by atoms with E-state index in [1.165, 1.54) is 13.3 Å². The molecule has 0 heterocycles. The van der Waals surface area contributed by atoms with Crippen LogP contribution < -0.4 is 0 Å². The molecule has 0 aromatic heterocycles. The largest absolute Gasteiger partial charge is 0.393 e. The molecular weight excluding hydrogens is 120 g/mol. The van der Waals surface area contributed by atoms with Crippen molar-refractivity contribution in [1.82, 2.24) is 0 Å². The zero-order valence-corrected chi connectivity index (χ0v) is 5.51. The zero-order valence-electron chi connectivity index (χ0n) is 5.51. The van der Waals surface area contributed by atoms with E-state index < -0.39 is 11.9 Å². The molecule has 0 aliphatic carbocycles. The highest BCUT2D eigenvalue weighted by atomic mass is 16.6. The summed E-state index contributed by atoms with van der Waals surface area (Å²) in [5, 5.41) is 0. The van der Waals surface area contributed by atoms with E-state index >= 15 is 0 Å². The zero-order chi connectivity index (χ0) is 7.28. The molecule has 0 aromatic carbocycles. The lowest BCUT2D eigenvalue weighted by atomic mass is 10.5. The fourth-order valence-electron chi connectivity index (χ4n) is 0.243. The highest BCUT2D eigenvalue weighted by Gasteiger charge is 2.03. The molecular formula is C6H9O3. The van der Waals surface area contributed by atoms with Crippen LogP contribution >= 0.6 is 0 Å². The van der Waals surface area contributed by atoms with Crippen LogP contribution in [0.5, 0.6) is 0 Å². The molecule has 0 unspecified atom stereocenters. The Morgan fingerprint density at radius 2 is 2.11 bits per heavy atom. The minimum atomic E-state index is -0.582. The third-order valence-electron chi connectivity index (χ3n) is 0.739. The van der Waals surface area contributed by atoms with Gasteiger partial charge in [-0.25, -0.2) is 0 Å². The molecule has 0 atom stereocenters. The van der Waals surface area contributed by atoms with Crippen molar-refractivity contribution in [3.05, 3.63) is 6.42 Å². The van der Waals surface area contributed by atoms with Gasteiger partial charge in [0, 0.05) is 6.42 Å². The molecule has 0 amide bonds. The fraction of sp³-hybridized carbons (Fsp3) is 0.500. The number of carbonyl (C=O) groups excluding carboxylic acids is 2. The minimum Gasteiger partial charge on any atom is -0.393 e. The summed E-state index contributed by atoms with van der Waals surface area (Å²) in [7, 11) is 0. The fourth-order valence-corrected chi connectivity index (χ4v) is 0.243. The first-order valence-electron chi connectivity index (χ1n) is 2.74. The van der Waals surface area contributed by atoms with Crippen molar-refractivity contribution < 1.29 is 14.3 Å². The van der Waals surface area contributed by atoms with Gasteiger partial charge in [-0.15, -0.1) is 0 Å². The third kappa shape index (κ3) is 3.70. The van der Waals surface area contributed by atoms with Crippen LogP contribution in [0.2, 0.25) is 0 Å². The van der Waals surface area contributed by atoms with E-state index in [-0.39, 0.29) is 6.42 Å². The summed E-state index contributed by atoms with van der Waals surface area (Å²) in [5.41, 5.74) is 0. The second-order valence-electron chi connectivity index (χ2n) is 1.44. The lowest BCUT2D eigenvalue weighted by Gasteiger charge is -1.95. The van der Waals surface area contributed by atoms with Crippen LogP contribution in [0, 0.1) is 6.42 Å². The van der Waals surface area contributed by atoms with E-state index in [1.807, 2.05) is 0 Å². The molecule has 0 aromatic rings. The number of carbonyl (C=O) groups is 2. The molecule has 0 saturated carbocycles. The Morgan fingerprint density at radius 1 is 1.56 bits per heavy atom. The van der Waals surface area contributed by atoms with Crippen LogP contribution in [0.25, 0.3) is 0 Å². The van der Waals surface area contributed by atoms with Gasteiger partial charge in [-0.2, -0.15) is 0 Å². The second kappa shape index (κ2) is 4.06. The molecule has 0 aliphatic heterocycles. The topological polar surface area (TPSA) is 43.4 Å². The summed E-state index contributed by atoms with van der Waals surface area (Å²) in [6.07, 6.45) is 1.44. The summed E-state index contributed by atoms with van der Waals surface area (Å²) in [6, 6.07) is 0. The average Bonchev–Trinajstić information content (AvgIpc) is 1.87. The summed E-state index contributed by atoms with van der Waals surface area (Å²) in [6.45, 7) is 3.15. The van der Waals surface area contributed by atoms with Gasteiger partial charge in [-0.1, -0.05) is 13.8 Å². The van der Waals surface area contributed by atoms with Crippen molar-refractivity contribution in [3.8, 4) is 0 Å². The SMILES string of the molecule is C[CH]C(=O)OC(=O)CC. The Morgan fingerprint density at radius 3 is 2.44 bits per heavy atom. The Bertz CT molecular complexity index is 103. The van der Waals surface area contributed by atoms with Crippen molar-refractivity contribution in [1.29, 1.82) is 0 Å². The van der Waals surface area contributed by atoms with Crippen LogP contribution in [0.4, 0.5) is 0 Å². The van der Waals surface area contributed by atoms with Gasteiger partial charge in [0.15, 0.2) is 0 Å². The predicted molar refractivity (Wildman–Crippen MR) is 31.4 cm³/mol. The van der Waals surface area contributed by atoms with Crippen molar-refractivity contribution in [2.24, 2.45) is 0 Å². The summed E-state index contributed by atoms with van der Waals surface area (Å²) in [5.74, 6) is -1.07. The Kier molecular flexibility index (Phi) is 3.67. The molecule has 0 spiro atoms. The molecule has 3 nitrogen and oxygen atoms in total. The van der Waals surface area contributed by atoms with Crippen molar-refractivity contribution in [2.75, 3.05) is 0 Å². The number of rotatable bonds is 2. The molecule has 0 bridgehead atoms. The molecule has 3 heteroatoms. The predicted octanol–water partition coefficient (Wildman–Crippen LogP) is 0.690. The summed E-state index contributed by atoms with van der Waals surface area (Å²) >= 11 is 0. The molecule has 1 radical (unpaired) electrons. The van der Waals surface area contributed by atoms with Gasteiger partial charge >= 0.3 is 11.9 Å². The van der Waals surface area contributed by atoms with E-state index in [2.05, 4.69) is 4.74 Å². The average molecular weight is 129 g/mol. The molecule has 0 rings (SSSR count). The minimum absolute atomic E-state index is 0.236. The van der Waals surface area contributed by atoms with Crippen LogP contribution in [-0.4, -0.2) is 11.9 Å². The third-order valence-corrected chi connectivity index (χ3v) is 0.739. The maximum absolute atomic E-state index is 10.3. The maximum Gasteiger partial charge on any atom is 0.317 e. The van der Waals surface area contributed by atoms with E-state index in [9.17, 15) is 9.59 Å². The van der Waals surface area contributed by atoms with Gasteiger partial charge in [0.1, 0.15) is 0 Å². The number of hydrogen-bond donors (Lipinski definition) is 0. The van der Waals surface area contributed by atoms with Crippen molar-refractivity contribution >= 4 is 11.9 Å². The monoisotopic (exact) mass is 129 g/mol. The molecule has 9 heavy (non-hydrogen) atoms. The van der Waals surface area contributed by atoms with Gasteiger partial charge in [0.25, 0.3) is 0 Å². The summed E-state index contributed by atoms with van der Waals surface area (Å²) < 4.78 is 4.22. The van der Waals surface area contributed by atoms with E-state index in [4.69, 9.17) is 0 Å². The quantitative estimate of drug-likeness (QED) is 0.407. The van der Waals surface area contributed by atoms with Crippen LogP contribution in [0.3, 0.4) is 0 Å². The van der Waals surface area contributed by atoms with Gasteiger partial charge in [-0.3, -0.25) is 9.59 Å². The normalized spacial score (nSPS) is 8.67. The van der Waals surface area contributed by atoms with Crippen molar-refractivity contribution in [3.63, 3.8) is 0 Å². The number of esters is 2.